The highest BCUT2D eigenvalue weighted by molar-refractivity contribution is 7.99. The van der Waals surface area contributed by atoms with Crippen LogP contribution in [0.25, 0.3) is 0 Å². The Bertz CT molecular complexity index is 366. The summed E-state index contributed by atoms with van der Waals surface area (Å²) in [6.45, 7) is 6.99. The highest BCUT2D eigenvalue weighted by Gasteiger charge is 2.15. The third-order valence-electron chi connectivity index (χ3n) is 2.73. The second kappa shape index (κ2) is 5.93. The maximum absolute atomic E-state index is 5.70. The van der Waals surface area contributed by atoms with Gasteiger partial charge in [-0.15, -0.1) is 0 Å². The second-order valence-electron chi connectivity index (χ2n) is 5.66. The summed E-state index contributed by atoms with van der Waals surface area (Å²) in [7, 11) is 0. The van der Waals surface area contributed by atoms with Gasteiger partial charge in [-0.3, -0.25) is 0 Å². The van der Waals surface area contributed by atoms with E-state index in [9.17, 15) is 0 Å². The molecule has 1 atom stereocenters. The van der Waals surface area contributed by atoms with Crippen LogP contribution >= 0.6 is 11.8 Å². The first kappa shape index (κ1) is 13.7. The summed E-state index contributed by atoms with van der Waals surface area (Å²) in [4.78, 5) is 4.34. The van der Waals surface area contributed by atoms with Crippen LogP contribution in [-0.2, 0) is 6.54 Å². The summed E-state index contributed by atoms with van der Waals surface area (Å²) in [5.74, 6) is 3.22. The first-order valence-corrected chi connectivity index (χ1v) is 7.63. The van der Waals surface area contributed by atoms with Gasteiger partial charge in [-0.2, -0.15) is 11.8 Å². The van der Waals surface area contributed by atoms with Crippen molar-refractivity contribution in [1.82, 2.24) is 10.3 Å². The van der Waals surface area contributed by atoms with E-state index in [0.29, 0.717) is 11.9 Å². The topological polar surface area (TPSA) is 34.1 Å². The van der Waals surface area contributed by atoms with Gasteiger partial charge >= 0.3 is 0 Å². The van der Waals surface area contributed by atoms with Crippen LogP contribution in [0.4, 0.5) is 0 Å². The van der Waals surface area contributed by atoms with Crippen LogP contribution in [0.15, 0.2) is 18.3 Å². The molecule has 4 heteroatoms. The molecule has 3 nitrogen and oxygen atoms in total. The molecule has 1 aliphatic rings. The fourth-order valence-corrected chi connectivity index (χ4v) is 3.03. The molecule has 1 unspecified atom stereocenters. The number of hydrogen-bond donors (Lipinski definition) is 1. The average Bonchev–Trinajstić information content (AvgIpc) is 2.79. The number of hydrogen-bond acceptors (Lipinski definition) is 4. The fourth-order valence-electron chi connectivity index (χ4n) is 1.85. The maximum Gasteiger partial charge on any atom is 0.213 e. The van der Waals surface area contributed by atoms with Crippen molar-refractivity contribution in [2.45, 2.75) is 45.4 Å². The Labute approximate surface area is 114 Å². The molecule has 0 amide bonds. The number of aromatic nitrogens is 1. The molecule has 2 heterocycles. The van der Waals surface area contributed by atoms with Crippen LogP contribution in [0.3, 0.4) is 0 Å². The van der Waals surface area contributed by atoms with Crippen LogP contribution in [0.5, 0.6) is 5.88 Å². The molecule has 18 heavy (non-hydrogen) atoms. The zero-order chi connectivity index (χ0) is 13.0. The summed E-state index contributed by atoms with van der Waals surface area (Å²) in [5.41, 5.74) is 1.03. The number of thioether (sulfide) groups is 1. The van der Waals surface area contributed by atoms with Crippen molar-refractivity contribution in [2.24, 2.45) is 0 Å². The fraction of sp³-hybridized carbons (Fsp3) is 0.643. The normalized spacial score (nSPS) is 20.1. The van der Waals surface area contributed by atoms with Crippen molar-refractivity contribution >= 4 is 11.8 Å². The van der Waals surface area contributed by atoms with E-state index in [1.807, 2.05) is 44.8 Å². The van der Waals surface area contributed by atoms with Gasteiger partial charge in [0.25, 0.3) is 0 Å². The summed E-state index contributed by atoms with van der Waals surface area (Å²) in [6.07, 6.45) is 3.18. The summed E-state index contributed by atoms with van der Waals surface area (Å²) in [5, 5.41) is 3.56. The van der Waals surface area contributed by atoms with E-state index in [1.165, 1.54) is 23.5 Å². The van der Waals surface area contributed by atoms with Gasteiger partial charge in [0.1, 0.15) is 5.60 Å². The van der Waals surface area contributed by atoms with Gasteiger partial charge in [0, 0.05) is 30.6 Å². The van der Waals surface area contributed by atoms with E-state index >= 15 is 0 Å². The first-order chi connectivity index (χ1) is 8.53. The smallest absolute Gasteiger partial charge is 0.213 e. The molecule has 100 valence electrons. The molecule has 1 N–H and O–H groups in total. The summed E-state index contributed by atoms with van der Waals surface area (Å²) < 4.78 is 5.70. The third kappa shape index (κ3) is 4.50. The Hall–Kier alpha value is -0.740. The molecule has 2 rings (SSSR count). The minimum absolute atomic E-state index is 0.187. The van der Waals surface area contributed by atoms with Crippen LogP contribution in [0.1, 0.15) is 32.8 Å². The number of rotatable bonds is 4. The predicted molar refractivity (Wildman–Crippen MR) is 77.2 cm³/mol. The molecule has 0 bridgehead atoms. The molecule has 0 aliphatic carbocycles. The van der Waals surface area contributed by atoms with Gasteiger partial charge in [-0.1, -0.05) is 6.07 Å². The number of nitrogens with zero attached hydrogens (tertiary/aromatic N) is 1. The molecule has 1 saturated heterocycles. The highest BCUT2D eigenvalue weighted by Crippen LogP contribution is 2.18. The molecular weight excluding hydrogens is 244 g/mol. The lowest BCUT2D eigenvalue weighted by Crippen LogP contribution is -2.28. The largest absolute Gasteiger partial charge is 0.472 e. The van der Waals surface area contributed by atoms with Gasteiger partial charge in [0.2, 0.25) is 5.88 Å². The Kier molecular flexibility index (Phi) is 4.51. The molecule has 1 aromatic heterocycles. The number of ether oxygens (including phenoxy) is 1. The van der Waals surface area contributed by atoms with Crippen molar-refractivity contribution in [3.05, 3.63) is 23.9 Å². The van der Waals surface area contributed by atoms with Crippen molar-refractivity contribution < 1.29 is 4.74 Å². The highest BCUT2D eigenvalue weighted by atomic mass is 32.2. The van der Waals surface area contributed by atoms with E-state index in [-0.39, 0.29) is 5.60 Å². The molecule has 1 aliphatic heterocycles. The molecule has 0 spiro atoms. The number of pyridine rings is 1. The average molecular weight is 266 g/mol. The Morgan fingerprint density at radius 3 is 2.83 bits per heavy atom. The number of nitrogens with one attached hydrogen (secondary N) is 1. The third-order valence-corrected chi connectivity index (χ3v) is 3.90. The Morgan fingerprint density at radius 1 is 1.44 bits per heavy atom. The first-order valence-electron chi connectivity index (χ1n) is 6.48. The molecule has 0 saturated carbocycles. The van der Waals surface area contributed by atoms with Gasteiger partial charge in [0.15, 0.2) is 0 Å². The predicted octanol–water partition coefficient (Wildman–Crippen LogP) is 2.85. The minimum Gasteiger partial charge on any atom is -0.472 e. The van der Waals surface area contributed by atoms with Crippen LogP contribution < -0.4 is 10.1 Å². The van der Waals surface area contributed by atoms with Crippen molar-refractivity contribution in [1.29, 1.82) is 0 Å². The van der Waals surface area contributed by atoms with Crippen LogP contribution in [-0.4, -0.2) is 28.1 Å². The van der Waals surface area contributed by atoms with Gasteiger partial charge in [-0.25, -0.2) is 4.98 Å². The monoisotopic (exact) mass is 266 g/mol. The molecular formula is C14H22N2OS. The van der Waals surface area contributed by atoms with Crippen LogP contribution in [0.2, 0.25) is 0 Å². The SMILES string of the molecule is CC(C)(C)Oc1ccc(CNC2CCSC2)cn1. The van der Waals surface area contributed by atoms with E-state index in [1.54, 1.807) is 0 Å². The van der Waals surface area contributed by atoms with E-state index in [2.05, 4.69) is 16.4 Å². The lowest BCUT2D eigenvalue weighted by molar-refractivity contribution is 0.124. The van der Waals surface area contributed by atoms with E-state index < -0.39 is 0 Å². The van der Waals surface area contributed by atoms with Crippen molar-refractivity contribution in [3.8, 4) is 5.88 Å². The lowest BCUT2D eigenvalue weighted by atomic mass is 10.2. The lowest BCUT2D eigenvalue weighted by Gasteiger charge is -2.20. The molecule has 0 radical (unpaired) electrons. The van der Waals surface area contributed by atoms with E-state index in [4.69, 9.17) is 4.74 Å². The summed E-state index contributed by atoms with van der Waals surface area (Å²) >= 11 is 2.03. The van der Waals surface area contributed by atoms with E-state index in [0.717, 1.165) is 6.54 Å². The Balaban J connectivity index is 1.83. The molecule has 1 aromatic rings. The zero-order valence-electron chi connectivity index (χ0n) is 11.4. The van der Waals surface area contributed by atoms with Crippen LogP contribution in [0, 0.1) is 0 Å². The minimum atomic E-state index is -0.187. The zero-order valence-corrected chi connectivity index (χ0v) is 12.2. The van der Waals surface area contributed by atoms with Gasteiger partial charge in [0.05, 0.1) is 0 Å². The summed E-state index contributed by atoms with van der Waals surface area (Å²) in [6, 6.07) is 4.70. The maximum atomic E-state index is 5.70. The standard InChI is InChI=1S/C14H22N2OS/c1-14(2,3)17-13-5-4-11(9-16-13)8-15-12-6-7-18-10-12/h4-5,9,12,15H,6-8,10H2,1-3H3. The van der Waals surface area contributed by atoms with Gasteiger partial charge in [-0.05, 0) is 38.5 Å². The molecule has 0 aromatic carbocycles. The van der Waals surface area contributed by atoms with Gasteiger partial charge < -0.3 is 10.1 Å². The van der Waals surface area contributed by atoms with Crippen molar-refractivity contribution in [3.63, 3.8) is 0 Å². The molecule has 1 fully saturated rings. The van der Waals surface area contributed by atoms with Crippen molar-refractivity contribution in [2.75, 3.05) is 11.5 Å². The second-order valence-corrected chi connectivity index (χ2v) is 6.81. The quantitative estimate of drug-likeness (QED) is 0.908. The Morgan fingerprint density at radius 2 is 2.28 bits per heavy atom.